The fourth-order valence-electron chi connectivity index (χ4n) is 6.27. The van der Waals surface area contributed by atoms with Gasteiger partial charge in [-0.05, 0) is 72.8 Å². The molecule has 2 fully saturated rings. The maximum absolute atomic E-state index is 14.4. The highest BCUT2D eigenvalue weighted by Crippen LogP contribution is 2.49. The van der Waals surface area contributed by atoms with Crippen molar-refractivity contribution in [1.29, 1.82) is 0 Å². The van der Waals surface area contributed by atoms with Crippen LogP contribution in [0.15, 0.2) is 24.3 Å². The molecule has 0 aliphatic heterocycles. The summed E-state index contributed by atoms with van der Waals surface area (Å²) in [5.74, 6) is -0.409. The van der Waals surface area contributed by atoms with Gasteiger partial charge in [0.15, 0.2) is 0 Å². The Morgan fingerprint density at radius 2 is 1.62 bits per heavy atom. The van der Waals surface area contributed by atoms with Crippen LogP contribution in [0.5, 0.6) is 0 Å². The summed E-state index contributed by atoms with van der Waals surface area (Å²) in [5.41, 5.74) is -0.805. The lowest BCUT2D eigenvalue weighted by Gasteiger charge is -2.42. The summed E-state index contributed by atoms with van der Waals surface area (Å²) in [7, 11) is 0. The van der Waals surface area contributed by atoms with Crippen molar-refractivity contribution in [1.82, 2.24) is 0 Å². The Labute approximate surface area is 187 Å². The third kappa shape index (κ3) is 4.97. The monoisotopic (exact) mass is 452 g/mol. The van der Waals surface area contributed by atoms with Gasteiger partial charge in [-0.15, -0.1) is 0 Å². The molecule has 0 bridgehead atoms. The zero-order valence-electron chi connectivity index (χ0n) is 18.8. The minimum Gasteiger partial charge on any atom is -0.206 e. The Bertz CT molecular complexity index is 932. The van der Waals surface area contributed by atoms with Gasteiger partial charge in [0.2, 0.25) is 0 Å². The van der Waals surface area contributed by atoms with E-state index in [9.17, 15) is 22.0 Å². The predicted octanol–water partition coefficient (Wildman–Crippen LogP) is 9.41. The fraction of sp³-hybridized carbons (Fsp3) is 0.630. The van der Waals surface area contributed by atoms with Gasteiger partial charge >= 0.3 is 6.18 Å². The molecule has 4 unspecified atom stereocenters. The molecule has 0 aromatic heterocycles. The maximum Gasteiger partial charge on any atom is 0.422 e. The molecule has 4 atom stereocenters. The normalized spacial score (nSPS) is 26.3. The first-order valence-electron chi connectivity index (χ1n) is 12.3. The smallest absolute Gasteiger partial charge is 0.206 e. The van der Waals surface area contributed by atoms with E-state index in [1.54, 1.807) is 12.1 Å². The van der Waals surface area contributed by atoms with Crippen molar-refractivity contribution in [3.05, 3.63) is 47.0 Å². The third-order valence-corrected chi connectivity index (χ3v) is 8.00. The van der Waals surface area contributed by atoms with E-state index in [0.29, 0.717) is 11.8 Å². The molecule has 2 aromatic rings. The summed E-state index contributed by atoms with van der Waals surface area (Å²) in [5, 5.41) is 0.0446. The summed E-state index contributed by atoms with van der Waals surface area (Å²) in [6, 6.07) is 5.67. The van der Waals surface area contributed by atoms with Gasteiger partial charge in [0.05, 0.1) is 0 Å². The first kappa shape index (κ1) is 23.5. The highest BCUT2D eigenvalue weighted by Gasteiger charge is 2.39. The molecular weight excluding hydrogens is 419 g/mol. The minimum absolute atomic E-state index is 0.167. The number of alkyl halides is 3. The van der Waals surface area contributed by atoms with Crippen LogP contribution >= 0.6 is 0 Å². The van der Waals surface area contributed by atoms with Crippen LogP contribution in [0, 0.1) is 29.4 Å². The molecular formula is C27H33F5. The van der Waals surface area contributed by atoms with E-state index in [1.807, 2.05) is 0 Å². The number of benzene rings is 2. The van der Waals surface area contributed by atoms with E-state index in [0.717, 1.165) is 36.3 Å². The van der Waals surface area contributed by atoms with Crippen LogP contribution in [0.2, 0.25) is 0 Å². The summed E-state index contributed by atoms with van der Waals surface area (Å²) in [4.78, 5) is 0. The lowest BCUT2D eigenvalue weighted by Crippen LogP contribution is -2.30. The third-order valence-electron chi connectivity index (χ3n) is 8.00. The molecule has 0 nitrogen and oxygen atoms in total. The van der Waals surface area contributed by atoms with E-state index in [1.165, 1.54) is 63.9 Å². The second-order valence-corrected chi connectivity index (χ2v) is 10.1. The number of unbranched alkanes of at least 4 members (excludes halogenated alkanes) is 3. The van der Waals surface area contributed by atoms with Crippen LogP contribution in [0.3, 0.4) is 0 Å². The molecule has 2 aliphatic carbocycles. The molecule has 0 radical (unpaired) electrons. The lowest BCUT2D eigenvalue weighted by molar-refractivity contribution is -0.142. The zero-order chi connectivity index (χ0) is 22.9. The van der Waals surface area contributed by atoms with Crippen molar-refractivity contribution < 1.29 is 22.0 Å². The van der Waals surface area contributed by atoms with Crippen LogP contribution < -0.4 is 0 Å². The molecule has 4 rings (SSSR count). The van der Waals surface area contributed by atoms with E-state index < -0.39 is 23.4 Å². The molecule has 0 saturated heterocycles. The van der Waals surface area contributed by atoms with Crippen molar-refractivity contribution in [2.75, 3.05) is 0 Å². The van der Waals surface area contributed by atoms with Crippen molar-refractivity contribution in [3.63, 3.8) is 0 Å². The minimum atomic E-state index is -5.05. The summed E-state index contributed by atoms with van der Waals surface area (Å²) < 4.78 is 67.6. The zero-order valence-corrected chi connectivity index (χ0v) is 18.8. The average Bonchev–Trinajstić information content (AvgIpc) is 2.75. The van der Waals surface area contributed by atoms with Crippen LogP contribution in [-0.4, -0.2) is 0 Å². The van der Waals surface area contributed by atoms with Crippen LogP contribution in [0.25, 0.3) is 10.8 Å². The molecule has 176 valence electrons. The Hall–Kier alpha value is -1.65. The second-order valence-electron chi connectivity index (χ2n) is 10.1. The van der Waals surface area contributed by atoms with Gasteiger partial charge in [-0.1, -0.05) is 63.6 Å². The first-order chi connectivity index (χ1) is 15.3. The molecule has 0 spiro atoms. The van der Waals surface area contributed by atoms with Gasteiger partial charge < -0.3 is 0 Å². The van der Waals surface area contributed by atoms with Gasteiger partial charge in [0, 0.05) is 5.39 Å². The van der Waals surface area contributed by atoms with Crippen molar-refractivity contribution in [3.8, 4) is 0 Å². The van der Waals surface area contributed by atoms with Gasteiger partial charge in [0.1, 0.15) is 17.2 Å². The number of hydrogen-bond donors (Lipinski definition) is 0. The Morgan fingerprint density at radius 1 is 0.875 bits per heavy atom. The summed E-state index contributed by atoms with van der Waals surface area (Å²) >= 11 is 0. The van der Waals surface area contributed by atoms with Crippen molar-refractivity contribution in [2.45, 2.75) is 89.6 Å². The molecule has 2 aliphatic rings. The van der Waals surface area contributed by atoms with E-state index in [4.69, 9.17) is 0 Å². The Morgan fingerprint density at radius 3 is 2.38 bits per heavy atom. The molecule has 2 aromatic carbocycles. The van der Waals surface area contributed by atoms with Crippen molar-refractivity contribution in [2.24, 2.45) is 17.8 Å². The number of fused-ring (bicyclic) bond motifs is 2. The van der Waals surface area contributed by atoms with Gasteiger partial charge in [0.25, 0.3) is 0 Å². The van der Waals surface area contributed by atoms with E-state index >= 15 is 0 Å². The first-order valence-corrected chi connectivity index (χ1v) is 12.3. The van der Waals surface area contributed by atoms with Gasteiger partial charge in [-0.2, -0.15) is 13.2 Å². The van der Waals surface area contributed by atoms with Gasteiger partial charge in [-0.3, -0.25) is 0 Å². The molecule has 0 N–H and O–H groups in total. The lowest BCUT2D eigenvalue weighted by atomic mass is 9.63. The number of rotatable bonds is 6. The standard InChI is InChI=1S/C27H33F5/c1-2-3-4-5-6-17-7-8-19-14-20(10-9-18(19)13-17)21-11-12-23-22(15-21)16-24(28)25(26(23)29)27(30,31)32/h11-12,15-20H,2-10,13-14H2,1H3. The number of hydrogen-bond acceptors (Lipinski definition) is 0. The quantitative estimate of drug-likeness (QED) is 0.302. The summed E-state index contributed by atoms with van der Waals surface area (Å²) in [6.07, 6.45) is 8.78. The molecule has 2 saturated carbocycles. The highest BCUT2D eigenvalue weighted by molar-refractivity contribution is 5.85. The van der Waals surface area contributed by atoms with Gasteiger partial charge in [-0.25, -0.2) is 8.78 Å². The highest BCUT2D eigenvalue weighted by atomic mass is 19.4. The molecule has 0 heterocycles. The molecule has 32 heavy (non-hydrogen) atoms. The second kappa shape index (κ2) is 9.69. The maximum atomic E-state index is 14.4. The number of halogens is 5. The predicted molar refractivity (Wildman–Crippen MR) is 119 cm³/mol. The topological polar surface area (TPSA) is 0 Å². The SMILES string of the molecule is CCCCCCC1CCC2CC(c3ccc4c(F)c(C(F)(F)F)c(F)cc4c3)CCC2C1. The van der Waals surface area contributed by atoms with E-state index in [-0.39, 0.29) is 10.8 Å². The molecule has 0 amide bonds. The van der Waals surface area contributed by atoms with E-state index in [2.05, 4.69) is 6.92 Å². The van der Waals surface area contributed by atoms with Crippen LogP contribution in [-0.2, 0) is 6.18 Å². The Kier molecular flexibility index (Phi) is 7.11. The van der Waals surface area contributed by atoms with Crippen LogP contribution in [0.4, 0.5) is 22.0 Å². The average molecular weight is 453 g/mol. The Balaban J connectivity index is 1.44. The fourth-order valence-corrected chi connectivity index (χ4v) is 6.27. The largest absolute Gasteiger partial charge is 0.422 e. The summed E-state index contributed by atoms with van der Waals surface area (Å²) in [6.45, 7) is 2.24. The molecule has 5 heteroatoms. The van der Waals surface area contributed by atoms with Crippen molar-refractivity contribution >= 4 is 10.8 Å². The van der Waals surface area contributed by atoms with Crippen LogP contribution in [0.1, 0.15) is 94.6 Å².